The van der Waals surface area contributed by atoms with Crippen molar-refractivity contribution in [3.05, 3.63) is 0 Å². The zero-order chi connectivity index (χ0) is 9.07. The number of halogens is 4. The third kappa shape index (κ3) is 5.41. The molecule has 7 heteroatoms. The number of alkyl halides is 4. The van der Waals surface area contributed by atoms with Gasteiger partial charge in [-0.05, 0) is 0 Å². The molecular weight excluding hydrogens is 369 g/mol. The summed E-state index contributed by atoms with van der Waals surface area (Å²) >= 11 is 14.3. The Morgan fingerprint density at radius 3 is 2.36 bits per heavy atom. The van der Waals surface area contributed by atoms with Crippen LogP contribution in [-0.2, 0) is 4.79 Å². The van der Waals surface area contributed by atoms with E-state index in [1.54, 1.807) is 0 Å². The van der Waals surface area contributed by atoms with Crippen LogP contribution < -0.4 is 5.32 Å². The minimum atomic E-state index is -1.09. The van der Waals surface area contributed by atoms with Gasteiger partial charge in [0.1, 0.15) is 5.88 Å². The van der Waals surface area contributed by atoms with E-state index in [2.05, 4.69) is 53.1 Å². The van der Waals surface area contributed by atoms with Gasteiger partial charge < -0.3 is 10.4 Å². The summed E-state index contributed by atoms with van der Waals surface area (Å²) < 4.78 is -0.908. The fraction of sp³-hybridized carbons (Fsp3) is 0.750. The molecule has 66 valence electrons. The molecule has 1 unspecified atom stereocenters. The van der Waals surface area contributed by atoms with E-state index in [0.717, 1.165) is 0 Å². The van der Waals surface area contributed by atoms with E-state index in [-0.39, 0.29) is 5.88 Å². The first-order chi connectivity index (χ1) is 4.88. The maximum Gasteiger partial charge on any atom is 0.236 e. The first-order valence-electron chi connectivity index (χ1n) is 2.48. The number of hydrogen-bond acceptors (Lipinski definition) is 2. The Hall–Kier alpha value is 1.16. The van der Waals surface area contributed by atoms with Crippen LogP contribution in [0.2, 0.25) is 0 Å². The van der Waals surface area contributed by atoms with Crippen LogP contribution >= 0.6 is 59.4 Å². The predicted octanol–water partition coefficient (Wildman–Crippen LogP) is 1.50. The van der Waals surface area contributed by atoms with Crippen molar-refractivity contribution in [1.82, 2.24) is 5.32 Å². The van der Waals surface area contributed by atoms with Gasteiger partial charge in [-0.25, -0.2) is 0 Å². The SMILES string of the molecule is O=C(CCl)NC(O)C(Br)(Br)Br. The Kier molecular flexibility index (Phi) is 5.54. The monoisotopic (exact) mass is 371 g/mol. The van der Waals surface area contributed by atoms with Crippen LogP contribution in [0.5, 0.6) is 0 Å². The van der Waals surface area contributed by atoms with E-state index < -0.39 is 14.3 Å². The smallest absolute Gasteiger partial charge is 0.236 e. The highest BCUT2D eigenvalue weighted by molar-refractivity contribution is 9.39. The highest BCUT2D eigenvalue weighted by Gasteiger charge is 2.29. The average Bonchev–Trinajstić information content (AvgIpc) is 1.85. The molecule has 0 aliphatic carbocycles. The molecule has 0 aromatic heterocycles. The average molecular weight is 374 g/mol. The van der Waals surface area contributed by atoms with Crippen molar-refractivity contribution < 1.29 is 9.90 Å². The Morgan fingerprint density at radius 2 is 2.09 bits per heavy atom. The lowest BCUT2D eigenvalue weighted by Gasteiger charge is -2.20. The fourth-order valence-corrected chi connectivity index (χ4v) is 0.693. The number of hydrogen-bond donors (Lipinski definition) is 2. The summed E-state index contributed by atoms with van der Waals surface area (Å²) in [5.74, 6) is -0.623. The van der Waals surface area contributed by atoms with Gasteiger partial charge in [-0.1, -0.05) is 47.8 Å². The highest BCUT2D eigenvalue weighted by Crippen LogP contribution is 2.35. The van der Waals surface area contributed by atoms with Gasteiger partial charge in [0.2, 0.25) is 5.91 Å². The largest absolute Gasteiger partial charge is 0.370 e. The molecule has 3 nitrogen and oxygen atoms in total. The first kappa shape index (κ1) is 12.2. The number of amides is 1. The van der Waals surface area contributed by atoms with Gasteiger partial charge >= 0.3 is 0 Å². The zero-order valence-corrected chi connectivity index (χ0v) is 10.7. The normalized spacial score (nSPS) is 14.3. The van der Waals surface area contributed by atoms with Crippen molar-refractivity contribution >= 4 is 65.3 Å². The van der Waals surface area contributed by atoms with Gasteiger partial charge in [-0.15, -0.1) is 11.6 Å². The fourth-order valence-electron chi connectivity index (χ4n) is 0.273. The second-order valence-electron chi connectivity index (χ2n) is 1.65. The predicted molar refractivity (Wildman–Crippen MR) is 54.4 cm³/mol. The van der Waals surface area contributed by atoms with Crippen molar-refractivity contribution in [2.24, 2.45) is 0 Å². The van der Waals surface area contributed by atoms with Crippen LogP contribution in [0.25, 0.3) is 0 Å². The lowest BCUT2D eigenvalue weighted by atomic mass is 10.6. The van der Waals surface area contributed by atoms with Gasteiger partial charge in [0.25, 0.3) is 0 Å². The van der Waals surface area contributed by atoms with Crippen LogP contribution in [0, 0.1) is 0 Å². The molecule has 0 aliphatic rings. The summed E-state index contributed by atoms with van der Waals surface area (Å²) in [6.45, 7) is 0. The zero-order valence-electron chi connectivity index (χ0n) is 5.15. The van der Waals surface area contributed by atoms with Gasteiger partial charge in [0, 0.05) is 0 Å². The second kappa shape index (κ2) is 5.01. The lowest BCUT2D eigenvalue weighted by molar-refractivity contribution is -0.121. The van der Waals surface area contributed by atoms with Gasteiger partial charge in [-0.2, -0.15) is 0 Å². The third-order valence-electron chi connectivity index (χ3n) is 0.729. The number of carbonyl (C=O) groups is 1. The molecule has 0 rings (SSSR count). The molecule has 0 saturated heterocycles. The molecular formula is C4H5Br3ClNO2. The van der Waals surface area contributed by atoms with Crippen LogP contribution in [-0.4, -0.2) is 25.3 Å². The molecule has 11 heavy (non-hydrogen) atoms. The summed E-state index contributed by atoms with van der Waals surface area (Å²) in [6.07, 6.45) is -1.09. The second-order valence-corrected chi connectivity index (χ2v) is 8.86. The summed E-state index contributed by atoms with van der Waals surface area (Å²) in [5.41, 5.74) is 0. The molecule has 0 fully saturated rings. The van der Waals surface area contributed by atoms with Crippen molar-refractivity contribution in [3.8, 4) is 0 Å². The molecule has 2 N–H and O–H groups in total. The number of rotatable bonds is 2. The highest BCUT2D eigenvalue weighted by atomic mass is 80.0. The van der Waals surface area contributed by atoms with Gasteiger partial charge in [0.05, 0.1) is 0 Å². The minimum Gasteiger partial charge on any atom is -0.370 e. The first-order valence-corrected chi connectivity index (χ1v) is 5.39. The maximum atomic E-state index is 10.6. The molecule has 0 heterocycles. The van der Waals surface area contributed by atoms with Crippen LogP contribution in [0.3, 0.4) is 0 Å². The number of aliphatic hydroxyl groups is 1. The molecule has 1 atom stereocenters. The third-order valence-corrected chi connectivity index (χ3v) is 2.27. The van der Waals surface area contributed by atoms with Crippen LogP contribution in [0.4, 0.5) is 0 Å². The Morgan fingerprint density at radius 1 is 1.64 bits per heavy atom. The van der Waals surface area contributed by atoms with E-state index in [1.807, 2.05) is 0 Å². The van der Waals surface area contributed by atoms with Gasteiger partial charge in [0.15, 0.2) is 8.37 Å². The topological polar surface area (TPSA) is 49.3 Å². The Labute approximate surface area is 94.2 Å². The molecule has 0 spiro atoms. The van der Waals surface area contributed by atoms with E-state index in [0.29, 0.717) is 0 Å². The van der Waals surface area contributed by atoms with Crippen LogP contribution in [0.15, 0.2) is 0 Å². The summed E-state index contributed by atoms with van der Waals surface area (Å²) in [4.78, 5) is 10.6. The molecule has 0 radical (unpaired) electrons. The number of nitrogens with one attached hydrogen (secondary N) is 1. The Balaban J connectivity index is 3.87. The van der Waals surface area contributed by atoms with Gasteiger partial charge in [-0.3, -0.25) is 4.79 Å². The van der Waals surface area contributed by atoms with E-state index in [9.17, 15) is 4.79 Å². The van der Waals surface area contributed by atoms with Crippen molar-refractivity contribution in [2.45, 2.75) is 8.37 Å². The van der Waals surface area contributed by atoms with Crippen molar-refractivity contribution in [1.29, 1.82) is 0 Å². The van der Waals surface area contributed by atoms with Crippen molar-refractivity contribution in [3.63, 3.8) is 0 Å². The molecule has 1 amide bonds. The van der Waals surface area contributed by atoms with Crippen molar-refractivity contribution in [2.75, 3.05) is 5.88 Å². The number of carbonyl (C=O) groups excluding carboxylic acids is 1. The molecule has 0 aliphatic heterocycles. The standard InChI is InChI=1S/C4H5Br3ClNO2/c5-4(6,7)3(11)9-2(10)1-8/h3,11H,1H2,(H,9,10). The maximum absolute atomic E-state index is 10.6. The molecule has 0 saturated carbocycles. The summed E-state index contributed by atoms with van der Waals surface area (Å²) in [6, 6.07) is 0. The van der Waals surface area contributed by atoms with E-state index >= 15 is 0 Å². The quantitative estimate of drug-likeness (QED) is 0.569. The van der Waals surface area contributed by atoms with Crippen LogP contribution in [0.1, 0.15) is 0 Å². The van der Waals surface area contributed by atoms with E-state index in [4.69, 9.17) is 16.7 Å². The number of aliphatic hydroxyl groups excluding tert-OH is 1. The van der Waals surface area contributed by atoms with E-state index in [1.165, 1.54) is 0 Å². The Bertz CT molecular complexity index is 149. The molecule has 0 aromatic carbocycles. The minimum absolute atomic E-state index is 0.180. The summed E-state index contributed by atoms with van der Waals surface area (Å²) in [7, 11) is 0. The lowest BCUT2D eigenvalue weighted by Crippen LogP contribution is -2.43. The molecule has 0 aromatic rings. The summed E-state index contributed by atoms with van der Waals surface area (Å²) in [5, 5.41) is 11.4. The molecule has 0 bridgehead atoms.